The Bertz CT molecular complexity index is 2200. The van der Waals surface area contributed by atoms with Gasteiger partial charge in [0.15, 0.2) is 5.78 Å². The minimum Gasteiger partial charge on any atom is -0.478 e. The van der Waals surface area contributed by atoms with Gasteiger partial charge in [-0.15, -0.1) is 0 Å². The molecule has 292 valence electrons. The van der Waals surface area contributed by atoms with Crippen molar-refractivity contribution in [1.82, 2.24) is 9.13 Å². The Morgan fingerprint density at radius 2 is 0.857 bits per heavy atom. The summed E-state index contributed by atoms with van der Waals surface area (Å²) in [5.74, 6) is -3.11. The third-order valence-corrected chi connectivity index (χ3v) is 11.5. The van der Waals surface area contributed by atoms with Crippen LogP contribution in [-0.4, -0.2) is 37.1 Å². The molecular weight excluding hydrogens is 697 g/mol. The molecule has 0 aliphatic rings. The molecule has 6 rings (SSSR count). The van der Waals surface area contributed by atoms with Crippen LogP contribution in [0.2, 0.25) is 0 Å². The lowest BCUT2D eigenvalue weighted by molar-refractivity contribution is 0.0687. The van der Waals surface area contributed by atoms with Gasteiger partial charge >= 0.3 is 11.9 Å². The van der Waals surface area contributed by atoms with Gasteiger partial charge in [0.2, 0.25) is 0 Å². The summed E-state index contributed by atoms with van der Waals surface area (Å²) in [6.07, 6.45) is 14.0. The number of nitrogens with zero attached hydrogens (tertiary/aromatic N) is 2. The van der Waals surface area contributed by atoms with E-state index < -0.39 is 17.7 Å². The van der Waals surface area contributed by atoms with E-state index in [9.17, 15) is 24.6 Å². The molecule has 7 heteroatoms. The molecule has 0 amide bonds. The maximum absolute atomic E-state index is 14.7. The number of aryl methyl sites for hydroxylation is 2. The molecular formula is C49H56N2O5. The number of para-hydroxylation sites is 2. The minimum atomic E-state index is -1.24. The predicted octanol–water partition coefficient (Wildman–Crippen LogP) is 12.9. The Morgan fingerprint density at radius 1 is 0.482 bits per heavy atom. The molecule has 7 nitrogen and oxygen atoms in total. The maximum Gasteiger partial charge on any atom is 0.337 e. The molecule has 0 aliphatic carbocycles. The number of fused-ring (bicyclic) bond motifs is 2. The van der Waals surface area contributed by atoms with E-state index >= 15 is 0 Å². The van der Waals surface area contributed by atoms with E-state index in [1.165, 1.54) is 63.5 Å². The number of aromatic nitrogens is 2. The van der Waals surface area contributed by atoms with Crippen molar-refractivity contribution in [1.29, 1.82) is 0 Å². The molecule has 2 aromatic heterocycles. The number of carboxylic acid groups (broad SMARTS) is 2. The second-order valence-electron chi connectivity index (χ2n) is 15.2. The van der Waals surface area contributed by atoms with Crippen molar-refractivity contribution in [3.05, 3.63) is 119 Å². The van der Waals surface area contributed by atoms with Crippen LogP contribution in [0.4, 0.5) is 0 Å². The summed E-state index contributed by atoms with van der Waals surface area (Å²) in [6.45, 7) is 10.1. The summed E-state index contributed by atoms with van der Waals surface area (Å²) in [6, 6.07) is 26.0. The number of aromatic carboxylic acids is 2. The van der Waals surface area contributed by atoms with E-state index in [1.807, 2.05) is 50.2 Å². The van der Waals surface area contributed by atoms with Crippen molar-refractivity contribution < 1.29 is 24.6 Å². The molecule has 0 fully saturated rings. The van der Waals surface area contributed by atoms with Crippen molar-refractivity contribution in [2.75, 3.05) is 0 Å². The van der Waals surface area contributed by atoms with Gasteiger partial charge in [0.05, 0.1) is 11.1 Å². The van der Waals surface area contributed by atoms with Crippen LogP contribution >= 0.6 is 0 Å². The Balaban J connectivity index is 1.43. The largest absolute Gasteiger partial charge is 0.478 e. The van der Waals surface area contributed by atoms with Crippen LogP contribution in [0.15, 0.2) is 84.9 Å². The third-order valence-electron chi connectivity index (χ3n) is 11.5. The fraction of sp³-hybridized carbons (Fsp3) is 0.367. The molecule has 2 heterocycles. The smallest absolute Gasteiger partial charge is 0.337 e. The van der Waals surface area contributed by atoms with Gasteiger partial charge in [0, 0.05) is 68.5 Å². The van der Waals surface area contributed by atoms with Crippen LogP contribution in [0.3, 0.4) is 0 Å². The van der Waals surface area contributed by atoms with Crippen molar-refractivity contribution in [3.8, 4) is 22.3 Å². The molecule has 0 saturated heterocycles. The van der Waals surface area contributed by atoms with Gasteiger partial charge in [-0.3, -0.25) is 4.79 Å². The van der Waals surface area contributed by atoms with Gasteiger partial charge < -0.3 is 19.3 Å². The van der Waals surface area contributed by atoms with E-state index in [1.54, 1.807) is 24.3 Å². The van der Waals surface area contributed by atoms with E-state index in [0.717, 1.165) is 83.1 Å². The van der Waals surface area contributed by atoms with Crippen molar-refractivity contribution in [2.45, 2.75) is 118 Å². The van der Waals surface area contributed by atoms with Gasteiger partial charge in [-0.05, 0) is 49.9 Å². The molecule has 2 N–H and O–H groups in total. The monoisotopic (exact) mass is 752 g/mol. The first-order chi connectivity index (χ1) is 27.2. The number of rotatable bonds is 20. The van der Waals surface area contributed by atoms with E-state index in [0.29, 0.717) is 11.1 Å². The molecule has 6 aromatic rings. The molecule has 0 saturated carbocycles. The van der Waals surface area contributed by atoms with Crippen molar-refractivity contribution in [3.63, 3.8) is 0 Å². The number of ketones is 1. The van der Waals surface area contributed by atoms with Gasteiger partial charge in [0.25, 0.3) is 0 Å². The van der Waals surface area contributed by atoms with Crippen LogP contribution < -0.4 is 0 Å². The van der Waals surface area contributed by atoms with Crippen molar-refractivity contribution >= 4 is 39.5 Å². The first-order valence-electron chi connectivity index (χ1n) is 20.6. The number of benzene rings is 4. The summed E-state index contributed by atoms with van der Waals surface area (Å²) >= 11 is 0. The molecule has 56 heavy (non-hydrogen) atoms. The zero-order valence-electron chi connectivity index (χ0n) is 33.5. The van der Waals surface area contributed by atoms with Gasteiger partial charge in [-0.25, -0.2) is 9.59 Å². The highest BCUT2D eigenvalue weighted by Crippen LogP contribution is 2.41. The molecule has 0 aliphatic heterocycles. The quantitative estimate of drug-likeness (QED) is 0.0597. The highest BCUT2D eigenvalue weighted by Gasteiger charge is 2.30. The second kappa shape index (κ2) is 18.5. The van der Waals surface area contributed by atoms with E-state index in [-0.39, 0.29) is 22.3 Å². The Morgan fingerprint density at radius 3 is 1.25 bits per heavy atom. The third kappa shape index (κ3) is 8.09. The van der Waals surface area contributed by atoms with Gasteiger partial charge in [0.1, 0.15) is 0 Å². The fourth-order valence-corrected chi connectivity index (χ4v) is 8.72. The molecule has 0 radical (unpaired) electrons. The average molecular weight is 753 g/mol. The topological polar surface area (TPSA) is 102 Å². The molecule has 0 atom stereocenters. The number of carbonyl (C=O) groups excluding carboxylic acids is 1. The first-order valence-corrected chi connectivity index (χ1v) is 20.6. The number of carbonyl (C=O) groups is 3. The SMILES string of the molecule is CCCCCCCCn1c(C)c(-c2cccc(C(=O)c3cccc(-c4c(C)n(CCCCCCCC)c5ccccc45)c3C(=O)O)c2C(=O)O)c2ccccc21. The Hall–Kier alpha value is -5.43. The standard InChI is InChI=1S/C49H56N2O5/c1-5-7-9-11-13-19-31-50-33(3)43(35-23-15-17-29-41(35)50)37-25-21-27-39(45(37)48(53)54)47(52)40-28-22-26-38(46(40)49(55)56)44-34(4)51(32-20-14-12-10-8-6-2)42-30-18-16-24-36(42)44/h15-18,21-30H,5-14,19-20,31-32H2,1-4H3,(H,53,54)(H,55,56). The maximum atomic E-state index is 14.7. The van der Waals surface area contributed by atoms with Crippen LogP contribution in [-0.2, 0) is 13.1 Å². The fourth-order valence-electron chi connectivity index (χ4n) is 8.72. The lowest BCUT2D eigenvalue weighted by Gasteiger charge is -2.16. The summed E-state index contributed by atoms with van der Waals surface area (Å²) in [5.41, 5.74) is 6.03. The number of hydrogen-bond donors (Lipinski definition) is 2. The first kappa shape index (κ1) is 40.2. The van der Waals surface area contributed by atoms with Crippen LogP contribution in [0.1, 0.15) is 139 Å². The zero-order chi connectivity index (χ0) is 39.8. The predicted molar refractivity (Wildman–Crippen MR) is 228 cm³/mol. The summed E-state index contributed by atoms with van der Waals surface area (Å²) < 4.78 is 4.53. The highest BCUT2D eigenvalue weighted by molar-refractivity contribution is 6.22. The Kier molecular flexibility index (Phi) is 13.3. The molecule has 0 spiro atoms. The van der Waals surface area contributed by atoms with Crippen LogP contribution in [0, 0.1) is 13.8 Å². The van der Waals surface area contributed by atoms with Crippen LogP contribution in [0.5, 0.6) is 0 Å². The summed E-state index contributed by atoms with van der Waals surface area (Å²) in [5, 5.41) is 23.5. The lowest BCUT2D eigenvalue weighted by atomic mass is 9.86. The minimum absolute atomic E-state index is 0.0379. The van der Waals surface area contributed by atoms with Gasteiger partial charge in [-0.1, -0.05) is 151 Å². The molecule has 0 bridgehead atoms. The van der Waals surface area contributed by atoms with Crippen LogP contribution in [0.25, 0.3) is 44.1 Å². The lowest BCUT2D eigenvalue weighted by Crippen LogP contribution is -2.16. The Labute approximate surface area is 331 Å². The van der Waals surface area contributed by atoms with E-state index in [4.69, 9.17) is 0 Å². The zero-order valence-corrected chi connectivity index (χ0v) is 33.5. The molecule has 4 aromatic carbocycles. The van der Waals surface area contributed by atoms with Gasteiger partial charge in [-0.2, -0.15) is 0 Å². The second-order valence-corrected chi connectivity index (χ2v) is 15.2. The number of unbranched alkanes of at least 4 members (excludes halogenated alkanes) is 10. The van der Waals surface area contributed by atoms with Crippen molar-refractivity contribution in [2.24, 2.45) is 0 Å². The number of hydrogen-bond acceptors (Lipinski definition) is 3. The summed E-state index contributed by atoms with van der Waals surface area (Å²) in [7, 11) is 0. The normalized spacial score (nSPS) is 11.5. The van der Waals surface area contributed by atoms with E-state index in [2.05, 4.69) is 35.1 Å². The summed E-state index contributed by atoms with van der Waals surface area (Å²) in [4.78, 5) is 41.3. The average Bonchev–Trinajstić information content (AvgIpc) is 3.64. The number of carboxylic acids is 2. The highest BCUT2D eigenvalue weighted by atomic mass is 16.4. The molecule has 0 unspecified atom stereocenters.